The first-order valence-corrected chi connectivity index (χ1v) is 9.10. The lowest BCUT2D eigenvalue weighted by Crippen LogP contribution is -2.33. The molecule has 1 fully saturated rings. The molecule has 3 aromatic rings. The number of hydrogen-bond acceptors (Lipinski definition) is 5. The maximum Gasteiger partial charge on any atom is 0.355 e. The Balaban J connectivity index is 1.66. The van der Waals surface area contributed by atoms with Crippen LogP contribution in [0.3, 0.4) is 0 Å². The molecule has 142 valence electrons. The standard InChI is InChI=1S/C22H17ClO5/c1-13-11-22(28-20(13)24,15-6-4-3-5-7-15)12-26-16-8-9-17-14(2)19(23)21(25)27-18(17)10-16/h3-10H,1,11-12H2,2H3/t22-/m0/s1. The van der Waals surface area contributed by atoms with Crippen LogP contribution in [-0.4, -0.2) is 12.6 Å². The number of halogens is 1. The highest BCUT2D eigenvalue weighted by Crippen LogP contribution is 2.39. The predicted molar refractivity (Wildman–Crippen MR) is 106 cm³/mol. The van der Waals surface area contributed by atoms with Crippen LogP contribution in [-0.2, 0) is 15.1 Å². The van der Waals surface area contributed by atoms with Gasteiger partial charge in [0.2, 0.25) is 0 Å². The Kier molecular flexibility index (Phi) is 4.47. The van der Waals surface area contributed by atoms with Gasteiger partial charge in [0.1, 0.15) is 23.0 Å². The van der Waals surface area contributed by atoms with Crippen LogP contribution in [0.1, 0.15) is 17.5 Å². The van der Waals surface area contributed by atoms with E-state index in [-0.39, 0.29) is 11.6 Å². The average Bonchev–Trinajstić information content (AvgIpc) is 3.00. The minimum Gasteiger partial charge on any atom is -0.489 e. The molecular formula is C22H17ClO5. The van der Waals surface area contributed by atoms with E-state index in [0.29, 0.717) is 28.9 Å². The molecule has 0 saturated carbocycles. The number of cyclic esters (lactones) is 1. The van der Waals surface area contributed by atoms with Crippen molar-refractivity contribution in [3.05, 3.63) is 87.3 Å². The average molecular weight is 397 g/mol. The van der Waals surface area contributed by atoms with Crippen LogP contribution in [0.2, 0.25) is 5.02 Å². The van der Waals surface area contributed by atoms with Crippen molar-refractivity contribution < 1.29 is 18.7 Å². The molecule has 28 heavy (non-hydrogen) atoms. The van der Waals surface area contributed by atoms with Gasteiger partial charge in [-0.3, -0.25) is 0 Å². The molecule has 6 heteroatoms. The van der Waals surface area contributed by atoms with Gasteiger partial charge >= 0.3 is 11.6 Å². The monoisotopic (exact) mass is 396 g/mol. The number of hydrogen-bond donors (Lipinski definition) is 0. The summed E-state index contributed by atoms with van der Waals surface area (Å²) in [6.07, 6.45) is 0.341. The first-order valence-electron chi connectivity index (χ1n) is 8.72. The second-order valence-corrected chi connectivity index (χ2v) is 7.18. The van der Waals surface area contributed by atoms with Gasteiger partial charge in [-0.05, 0) is 30.2 Å². The Labute approximate surface area is 166 Å². The van der Waals surface area contributed by atoms with E-state index >= 15 is 0 Å². The molecule has 0 N–H and O–H groups in total. The van der Waals surface area contributed by atoms with Crippen molar-refractivity contribution in [2.45, 2.75) is 18.9 Å². The number of aryl methyl sites for hydroxylation is 1. The summed E-state index contributed by atoms with van der Waals surface area (Å²) in [4.78, 5) is 23.9. The molecule has 1 aromatic heterocycles. The van der Waals surface area contributed by atoms with Crippen molar-refractivity contribution in [1.29, 1.82) is 0 Å². The van der Waals surface area contributed by atoms with Gasteiger partial charge in [-0.1, -0.05) is 48.5 Å². The van der Waals surface area contributed by atoms with E-state index in [1.165, 1.54) is 0 Å². The van der Waals surface area contributed by atoms with E-state index in [4.69, 9.17) is 25.5 Å². The summed E-state index contributed by atoms with van der Waals surface area (Å²) in [6.45, 7) is 5.65. The smallest absolute Gasteiger partial charge is 0.355 e. The minimum absolute atomic E-state index is 0.0700. The second-order valence-electron chi connectivity index (χ2n) is 6.81. The maximum atomic E-state index is 12.0. The van der Waals surface area contributed by atoms with E-state index in [1.807, 2.05) is 30.3 Å². The van der Waals surface area contributed by atoms with Crippen LogP contribution < -0.4 is 10.4 Å². The van der Waals surface area contributed by atoms with Crippen LogP contribution in [0, 0.1) is 6.92 Å². The summed E-state index contributed by atoms with van der Waals surface area (Å²) < 4.78 is 16.9. The van der Waals surface area contributed by atoms with Gasteiger partial charge < -0.3 is 13.9 Å². The largest absolute Gasteiger partial charge is 0.489 e. The summed E-state index contributed by atoms with van der Waals surface area (Å²) in [5, 5.41) is 0.802. The van der Waals surface area contributed by atoms with E-state index < -0.39 is 17.2 Å². The van der Waals surface area contributed by atoms with Crippen molar-refractivity contribution in [3.63, 3.8) is 0 Å². The molecule has 5 nitrogen and oxygen atoms in total. The van der Waals surface area contributed by atoms with Crippen LogP contribution in [0.15, 0.2) is 69.9 Å². The third-order valence-corrected chi connectivity index (χ3v) is 5.35. The zero-order valence-corrected chi connectivity index (χ0v) is 15.9. The molecule has 1 saturated heterocycles. The number of ether oxygens (including phenoxy) is 2. The molecule has 0 radical (unpaired) electrons. The molecule has 0 aliphatic carbocycles. The summed E-state index contributed by atoms with van der Waals surface area (Å²) >= 11 is 5.96. The Bertz CT molecular complexity index is 1130. The third kappa shape index (κ3) is 3.08. The maximum absolute atomic E-state index is 12.0. The Morgan fingerprint density at radius 1 is 1.18 bits per heavy atom. The molecule has 0 amide bonds. The topological polar surface area (TPSA) is 65.7 Å². The SMILES string of the molecule is C=C1C[C@](COc2ccc3c(C)c(Cl)c(=O)oc3c2)(c2ccccc2)OC1=O. The lowest BCUT2D eigenvalue weighted by molar-refractivity contribution is -0.150. The van der Waals surface area contributed by atoms with Crippen molar-refractivity contribution in [2.75, 3.05) is 6.61 Å². The number of fused-ring (bicyclic) bond motifs is 1. The highest BCUT2D eigenvalue weighted by atomic mass is 35.5. The second kappa shape index (κ2) is 6.84. The molecule has 0 bridgehead atoms. The van der Waals surface area contributed by atoms with E-state index in [1.54, 1.807) is 25.1 Å². The number of rotatable bonds is 4. The molecule has 0 spiro atoms. The molecule has 4 rings (SSSR count). The molecule has 1 aliphatic rings. The van der Waals surface area contributed by atoms with Gasteiger partial charge in [-0.2, -0.15) is 0 Å². The van der Waals surface area contributed by atoms with Gasteiger partial charge in [0.05, 0.1) is 0 Å². The highest BCUT2D eigenvalue weighted by Gasteiger charge is 2.45. The van der Waals surface area contributed by atoms with Gasteiger partial charge in [0.25, 0.3) is 0 Å². The highest BCUT2D eigenvalue weighted by molar-refractivity contribution is 6.31. The third-order valence-electron chi connectivity index (χ3n) is 4.92. The molecule has 1 atom stereocenters. The normalized spacial score (nSPS) is 19.1. The van der Waals surface area contributed by atoms with Crippen LogP contribution in [0.4, 0.5) is 0 Å². The Morgan fingerprint density at radius 2 is 1.93 bits per heavy atom. The van der Waals surface area contributed by atoms with Crippen LogP contribution in [0.5, 0.6) is 5.75 Å². The quantitative estimate of drug-likeness (QED) is 0.368. The first-order chi connectivity index (χ1) is 13.4. The Morgan fingerprint density at radius 3 is 2.61 bits per heavy atom. The number of esters is 1. The zero-order valence-electron chi connectivity index (χ0n) is 15.2. The molecule has 1 aliphatic heterocycles. The summed E-state index contributed by atoms with van der Waals surface area (Å²) in [6, 6.07) is 14.6. The summed E-state index contributed by atoms with van der Waals surface area (Å²) in [7, 11) is 0. The van der Waals surface area contributed by atoms with Gasteiger partial charge in [0, 0.05) is 23.4 Å². The van der Waals surface area contributed by atoms with Crippen molar-refractivity contribution >= 4 is 28.5 Å². The van der Waals surface area contributed by atoms with Gasteiger partial charge in [0.15, 0.2) is 5.60 Å². The van der Waals surface area contributed by atoms with Gasteiger partial charge in [-0.25, -0.2) is 9.59 Å². The fourth-order valence-corrected chi connectivity index (χ4v) is 3.51. The van der Waals surface area contributed by atoms with Crippen LogP contribution >= 0.6 is 11.6 Å². The van der Waals surface area contributed by atoms with E-state index in [9.17, 15) is 9.59 Å². The number of benzene rings is 2. The molecule has 2 heterocycles. The fraction of sp³-hybridized carbons (Fsp3) is 0.182. The van der Waals surface area contributed by atoms with Crippen LogP contribution in [0.25, 0.3) is 11.0 Å². The lowest BCUT2D eigenvalue weighted by Gasteiger charge is -2.27. The number of carbonyl (C=O) groups excluding carboxylic acids is 1. The van der Waals surface area contributed by atoms with Crippen molar-refractivity contribution in [3.8, 4) is 5.75 Å². The van der Waals surface area contributed by atoms with E-state index in [0.717, 1.165) is 10.9 Å². The fourth-order valence-electron chi connectivity index (χ4n) is 3.37. The lowest BCUT2D eigenvalue weighted by atomic mass is 9.90. The summed E-state index contributed by atoms with van der Waals surface area (Å²) in [5.74, 6) is 0.0588. The molecular weight excluding hydrogens is 380 g/mol. The molecule has 0 unspecified atom stereocenters. The number of carbonyl (C=O) groups is 1. The van der Waals surface area contributed by atoms with Crippen molar-refractivity contribution in [1.82, 2.24) is 0 Å². The van der Waals surface area contributed by atoms with Gasteiger partial charge in [-0.15, -0.1) is 0 Å². The first kappa shape index (κ1) is 18.3. The summed E-state index contributed by atoms with van der Waals surface area (Å²) in [5.41, 5.74) is 0.734. The minimum atomic E-state index is -0.943. The van der Waals surface area contributed by atoms with E-state index in [2.05, 4.69) is 6.58 Å². The Hall–Kier alpha value is -3.05. The predicted octanol–water partition coefficient (Wildman–Crippen LogP) is 4.53. The zero-order chi connectivity index (χ0) is 19.9. The van der Waals surface area contributed by atoms with Crippen molar-refractivity contribution in [2.24, 2.45) is 0 Å². The molecule has 2 aromatic carbocycles.